The average molecular weight is 423 g/mol. The summed E-state index contributed by atoms with van der Waals surface area (Å²) < 4.78 is 11.0. The van der Waals surface area contributed by atoms with Crippen LogP contribution in [0.1, 0.15) is 26.5 Å². The highest BCUT2D eigenvalue weighted by Gasteiger charge is 2.21. The van der Waals surface area contributed by atoms with E-state index in [0.717, 1.165) is 18.1 Å². The fourth-order valence-electron chi connectivity index (χ4n) is 2.99. The van der Waals surface area contributed by atoms with E-state index < -0.39 is 6.03 Å². The van der Waals surface area contributed by atoms with E-state index in [0.29, 0.717) is 35.4 Å². The number of aromatic nitrogens is 3. The first kappa shape index (κ1) is 20.5. The molecular weight excluding hydrogens is 398 g/mol. The van der Waals surface area contributed by atoms with Crippen LogP contribution >= 0.6 is 0 Å². The highest BCUT2D eigenvalue weighted by molar-refractivity contribution is 5.99. The van der Waals surface area contributed by atoms with E-state index >= 15 is 0 Å². The number of hydrogen-bond acceptors (Lipinski definition) is 8. The fourth-order valence-corrected chi connectivity index (χ4v) is 2.99. The molecule has 0 saturated heterocycles. The van der Waals surface area contributed by atoms with Crippen molar-refractivity contribution in [2.75, 3.05) is 41.0 Å². The second-order valence-electron chi connectivity index (χ2n) is 8.25. The van der Waals surface area contributed by atoms with E-state index in [1.807, 2.05) is 44.9 Å². The van der Waals surface area contributed by atoms with Gasteiger partial charge in [-0.1, -0.05) is 25.9 Å². The normalized spacial score (nSPS) is 13.2. The van der Waals surface area contributed by atoms with E-state index in [-0.39, 0.29) is 5.41 Å². The number of nitrogens with one attached hydrogen (secondary N) is 3. The van der Waals surface area contributed by atoms with Gasteiger partial charge in [0, 0.05) is 29.9 Å². The Bertz CT molecular complexity index is 1070. The quantitative estimate of drug-likeness (QED) is 0.577. The van der Waals surface area contributed by atoms with Gasteiger partial charge in [-0.05, 0) is 24.3 Å². The molecule has 0 atom stereocenters. The van der Waals surface area contributed by atoms with Crippen molar-refractivity contribution in [3.05, 3.63) is 42.4 Å². The van der Waals surface area contributed by atoms with Crippen LogP contribution in [0.4, 0.5) is 33.6 Å². The summed E-state index contributed by atoms with van der Waals surface area (Å²) in [5.74, 6) is 3.02. The van der Waals surface area contributed by atoms with Crippen LogP contribution in [0.5, 0.6) is 5.75 Å². The molecule has 10 heteroatoms. The van der Waals surface area contributed by atoms with Crippen LogP contribution < -0.4 is 25.6 Å². The molecule has 10 nitrogen and oxygen atoms in total. The van der Waals surface area contributed by atoms with Gasteiger partial charge in [-0.15, -0.1) is 0 Å². The van der Waals surface area contributed by atoms with Gasteiger partial charge in [-0.3, -0.25) is 5.32 Å². The molecule has 2 amide bonds. The van der Waals surface area contributed by atoms with Crippen molar-refractivity contribution in [3.8, 4) is 5.75 Å². The number of benzene rings is 1. The molecule has 3 aromatic rings. The van der Waals surface area contributed by atoms with E-state index in [9.17, 15) is 4.79 Å². The number of anilines is 5. The molecule has 1 aliphatic heterocycles. The van der Waals surface area contributed by atoms with Crippen LogP contribution in [0.3, 0.4) is 0 Å². The van der Waals surface area contributed by atoms with Gasteiger partial charge in [-0.25, -0.2) is 14.8 Å². The topological polar surface area (TPSA) is 117 Å². The number of likely N-dealkylation sites (N-methyl/N-ethyl adjacent to an activating group) is 1. The molecule has 0 aliphatic carbocycles. The number of amides is 2. The zero-order chi connectivity index (χ0) is 22.0. The number of fused-ring (bicyclic) bond motifs is 1. The Balaban J connectivity index is 1.38. The summed E-state index contributed by atoms with van der Waals surface area (Å²) >= 11 is 0. The van der Waals surface area contributed by atoms with Gasteiger partial charge in [0.15, 0.2) is 17.5 Å². The lowest BCUT2D eigenvalue weighted by Gasteiger charge is -2.27. The van der Waals surface area contributed by atoms with E-state index in [1.54, 1.807) is 18.2 Å². The average Bonchev–Trinajstić information content (AvgIpc) is 3.19. The Kier molecular flexibility index (Phi) is 5.37. The molecule has 0 spiro atoms. The Morgan fingerprint density at radius 3 is 2.55 bits per heavy atom. The van der Waals surface area contributed by atoms with Crippen molar-refractivity contribution in [2.24, 2.45) is 0 Å². The van der Waals surface area contributed by atoms with E-state index in [2.05, 4.69) is 31.1 Å². The van der Waals surface area contributed by atoms with Crippen LogP contribution in [-0.4, -0.2) is 41.4 Å². The molecule has 3 heterocycles. The molecule has 0 radical (unpaired) electrons. The maximum Gasteiger partial charge on any atom is 0.324 e. The molecule has 1 aliphatic rings. The summed E-state index contributed by atoms with van der Waals surface area (Å²) in [7, 11) is 1.96. The molecule has 162 valence electrons. The number of carbonyl (C=O) groups is 1. The molecule has 4 rings (SSSR count). The van der Waals surface area contributed by atoms with Crippen molar-refractivity contribution < 1.29 is 14.1 Å². The van der Waals surface area contributed by atoms with Crippen molar-refractivity contribution in [1.82, 2.24) is 15.1 Å². The van der Waals surface area contributed by atoms with E-state index in [4.69, 9.17) is 9.26 Å². The monoisotopic (exact) mass is 423 g/mol. The number of urea groups is 1. The minimum Gasteiger partial charge on any atom is -0.485 e. The van der Waals surface area contributed by atoms with Gasteiger partial charge >= 0.3 is 6.03 Å². The standard InChI is InChI=1S/C21H25N7O3/c1-21(2,3)15-11-16(27-31-15)26-20(29)25-14-7-5-13(6-8-14)24-18-17-19(23-12-22-18)28(4)9-10-30-17/h5-8,11-12H,9-10H2,1-4H3,(H,22,23,24)(H2,25,26,27,29). The lowest BCUT2D eigenvalue weighted by Crippen LogP contribution is -2.30. The Labute approximate surface area is 180 Å². The third-order valence-electron chi connectivity index (χ3n) is 4.72. The molecule has 0 fully saturated rings. The zero-order valence-corrected chi connectivity index (χ0v) is 17.9. The first-order valence-electron chi connectivity index (χ1n) is 9.91. The van der Waals surface area contributed by atoms with Gasteiger partial charge < -0.3 is 24.8 Å². The van der Waals surface area contributed by atoms with Gasteiger partial charge in [0.1, 0.15) is 18.7 Å². The number of rotatable bonds is 4. The summed E-state index contributed by atoms with van der Waals surface area (Å²) in [5, 5.41) is 12.6. The molecule has 0 saturated carbocycles. The maximum atomic E-state index is 12.3. The van der Waals surface area contributed by atoms with Crippen molar-refractivity contribution in [3.63, 3.8) is 0 Å². The SMILES string of the molecule is CN1CCOc2c(Nc3ccc(NC(=O)Nc4cc(C(C)(C)C)on4)cc3)ncnc21. The summed E-state index contributed by atoms with van der Waals surface area (Å²) in [6, 6.07) is 8.55. The highest BCUT2D eigenvalue weighted by atomic mass is 16.5. The maximum absolute atomic E-state index is 12.3. The lowest BCUT2D eigenvalue weighted by molar-refractivity contribution is 0.262. The molecule has 0 unspecified atom stereocenters. The Morgan fingerprint density at radius 2 is 1.84 bits per heavy atom. The van der Waals surface area contributed by atoms with Crippen molar-refractivity contribution >= 4 is 34.9 Å². The smallest absolute Gasteiger partial charge is 0.324 e. The van der Waals surface area contributed by atoms with Crippen LogP contribution in [-0.2, 0) is 5.41 Å². The van der Waals surface area contributed by atoms with Gasteiger partial charge in [0.05, 0.1) is 6.54 Å². The fraction of sp³-hybridized carbons (Fsp3) is 0.333. The predicted octanol–water partition coefficient (Wildman–Crippen LogP) is 3.98. The van der Waals surface area contributed by atoms with Crippen molar-refractivity contribution in [2.45, 2.75) is 26.2 Å². The number of ether oxygens (including phenoxy) is 1. The minimum absolute atomic E-state index is 0.185. The first-order valence-corrected chi connectivity index (χ1v) is 9.91. The molecule has 3 N–H and O–H groups in total. The summed E-state index contributed by atoms with van der Waals surface area (Å²) in [6.07, 6.45) is 1.50. The Morgan fingerprint density at radius 1 is 1.10 bits per heavy atom. The van der Waals surface area contributed by atoms with Gasteiger partial charge in [0.2, 0.25) is 5.75 Å². The van der Waals surface area contributed by atoms with Gasteiger partial charge in [0.25, 0.3) is 0 Å². The van der Waals surface area contributed by atoms with Crippen LogP contribution in [0, 0.1) is 0 Å². The third kappa shape index (κ3) is 4.68. The predicted molar refractivity (Wildman–Crippen MR) is 118 cm³/mol. The second kappa shape index (κ2) is 8.13. The number of nitrogens with zero attached hydrogens (tertiary/aromatic N) is 4. The van der Waals surface area contributed by atoms with E-state index in [1.165, 1.54) is 6.33 Å². The molecule has 0 bridgehead atoms. The third-order valence-corrected chi connectivity index (χ3v) is 4.72. The lowest BCUT2D eigenvalue weighted by atomic mass is 9.93. The van der Waals surface area contributed by atoms with Crippen LogP contribution in [0.25, 0.3) is 0 Å². The molecule has 1 aromatic carbocycles. The molecule has 2 aromatic heterocycles. The molecular formula is C21H25N7O3. The summed E-state index contributed by atoms with van der Waals surface area (Å²) in [5.41, 5.74) is 1.24. The number of carbonyl (C=O) groups excluding carboxylic acids is 1. The van der Waals surface area contributed by atoms with Crippen LogP contribution in [0.2, 0.25) is 0 Å². The molecule has 31 heavy (non-hydrogen) atoms. The minimum atomic E-state index is -0.407. The number of hydrogen-bond donors (Lipinski definition) is 3. The van der Waals surface area contributed by atoms with Crippen LogP contribution in [0.15, 0.2) is 41.2 Å². The second-order valence-corrected chi connectivity index (χ2v) is 8.25. The van der Waals surface area contributed by atoms with Gasteiger partial charge in [-0.2, -0.15) is 0 Å². The largest absolute Gasteiger partial charge is 0.485 e. The Hall–Kier alpha value is -3.82. The first-order chi connectivity index (χ1) is 14.8. The highest BCUT2D eigenvalue weighted by Crippen LogP contribution is 2.35. The summed E-state index contributed by atoms with van der Waals surface area (Å²) in [4.78, 5) is 22.8. The van der Waals surface area contributed by atoms with Crippen molar-refractivity contribution in [1.29, 1.82) is 0 Å². The summed E-state index contributed by atoms with van der Waals surface area (Å²) in [6.45, 7) is 7.38. The zero-order valence-electron chi connectivity index (χ0n) is 17.9.